The monoisotopic (exact) mass is 360 g/mol. The highest BCUT2D eigenvalue weighted by Gasteiger charge is 2.23. The number of hydrogen-bond donors (Lipinski definition) is 0. The van der Waals surface area contributed by atoms with Gasteiger partial charge in [-0.2, -0.15) is 0 Å². The van der Waals surface area contributed by atoms with Gasteiger partial charge in [0.15, 0.2) is 6.10 Å². The zero-order valence-electron chi connectivity index (χ0n) is 14.7. The number of carbonyl (C=O) groups is 1. The van der Waals surface area contributed by atoms with Crippen LogP contribution in [0.4, 0.5) is 4.39 Å². The molecule has 2 aromatic carbocycles. The highest BCUT2D eigenvalue weighted by Crippen LogP contribution is 2.28. The van der Waals surface area contributed by atoms with Crippen molar-refractivity contribution in [3.05, 3.63) is 102 Å². The van der Waals surface area contributed by atoms with Crippen LogP contribution in [0, 0.1) is 5.82 Å². The van der Waals surface area contributed by atoms with E-state index < -0.39 is 17.9 Å². The molecule has 2 aromatic heterocycles. The number of pyridine rings is 1. The van der Waals surface area contributed by atoms with E-state index >= 15 is 0 Å². The second kappa shape index (κ2) is 7.03. The number of halogens is 1. The largest absolute Gasteiger partial charge is 0.447 e. The molecule has 0 aliphatic heterocycles. The van der Waals surface area contributed by atoms with E-state index in [2.05, 4.69) is 4.98 Å². The summed E-state index contributed by atoms with van der Waals surface area (Å²) in [5, 5.41) is 0.809. The number of fused-ring (bicyclic) bond motifs is 1. The molecule has 0 aliphatic rings. The quantitative estimate of drug-likeness (QED) is 0.497. The minimum Gasteiger partial charge on any atom is -0.447 e. The summed E-state index contributed by atoms with van der Waals surface area (Å²) in [6, 6.07) is 19.0. The lowest BCUT2D eigenvalue weighted by Gasteiger charge is -2.18. The van der Waals surface area contributed by atoms with E-state index in [9.17, 15) is 9.18 Å². The fourth-order valence-electron chi connectivity index (χ4n) is 3.17. The van der Waals surface area contributed by atoms with Gasteiger partial charge in [0, 0.05) is 35.9 Å². The van der Waals surface area contributed by atoms with E-state index in [-0.39, 0.29) is 0 Å². The van der Waals surface area contributed by atoms with Gasteiger partial charge in [0.05, 0.1) is 11.3 Å². The molecular formula is C22H17FN2O2. The fourth-order valence-corrected chi connectivity index (χ4v) is 3.17. The highest BCUT2D eigenvalue weighted by atomic mass is 19.1. The first-order chi connectivity index (χ1) is 13.1. The molecule has 0 fully saturated rings. The van der Waals surface area contributed by atoms with E-state index in [1.165, 1.54) is 12.1 Å². The van der Waals surface area contributed by atoms with Gasteiger partial charge in [0.25, 0.3) is 0 Å². The molecule has 0 bridgehead atoms. The highest BCUT2D eigenvalue weighted by molar-refractivity contribution is 6.04. The first-order valence-electron chi connectivity index (χ1n) is 8.55. The molecule has 0 N–H and O–H groups in total. The number of hydrogen-bond acceptors (Lipinski definition) is 3. The number of aromatic nitrogens is 2. The lowest BCUT2D eigenvalue weighted by molar-refractivity contribution is 0.0372. The van der Waals surface area contributed by atoms with Crippen molar-refractivity contribution in [1.29, 1.82) is 0 Å². The van der Waals surface area contributed by atoms with Crippen LogP contribution < -0.4 is 0 Å². The van der Waals surface area contributed by atoms with Crippen molar-refractivity contribution in [2.75, 3.05) is 0 Å². The third kappa shape index (κ3) is 3.31. The van der Waals surface area contributed by atoms with Gasteiger partial charge in [-0.05, 0) is 30.3 Å². The summed E-state index contributed by atoms with van der Waals surface area (Å²) in [7, 11) is 1.88. The van der Waals surface area contributed by atoms with Crippen molar-refractivity contribution in [2.24, 2.45) is 7.05 Å². The SMILES string of the molecule is Cn1cc(C(=O)OC(c2cccc(F)c2)c2ccccn2)c2ccccc21. The Hall–Kier alpha value is -3.47. The molecule has 4 rings (SSSR count). The average molecular weight is 360 g/mol. The Balaban J connectivity index is 1.74. The van der Waals surface area contributed by atoms with E-state index in [1.807, 2.05) is 35.9 Å². The zero-order chi connectivity index (χ0) is 18.8. The Morgan fingerprint density at radius 2 is 1.89 bits per heavy atom. The Morgan fingerprint density at radius 1 is 1.07 bits per heavy atom. The van der Waals surface area contributed by atoms with Crippen molar-refractivity contribution >= 4 is 16.9 Å². The standard InChI is InChI=1S/C22H17FN2O2/c1-25-14-18(17-9-2-3-11-20(17)25)22(26)27-21(19-10-4-5-12-24-19)15-7-6-8-16(23)13-15/h2-14,21H,1H3. The van der Waals surface area contributed by atoms with Crippen LogP contribution in [0.1, 0.15) is 27.7 Å². The van der Waals surface area contributed by atoms with Crippen LogP contribution in [0.15, 0.2) is 79.1 Å². The summed E-state index contributed by atoms with van der Waals surface area (Å²) in [4.78, 5) is 17.3. The molecule has 0 saturated heterocycles. The maximum atomic E-state index is 13.8. The average Bonchev–Trinajstić information content (AvgIpc) is 3.04. The number of para-hydroxylation sites is 1. The normalized spacial score (nSPS) is 12.1. The summed E-state index contributed by atoms with van der Waals surface area (Å²) in [6.07, 6.45) is 2.56. The maximum absolute atomic E-state index is 13.8. The summed E-state index contributed by atoms with van der Waals surface area (Å²) in [5.74, 6) is -0.874. The molecule has 1 atom stereocenters. The van der Waals surface area contributed by atoms with E-state index in [0.717, 1.165) is 10.9 Å². The van der Waals surface area contributed by atoms with Crippen LogP contribution in [0.25, 0.3) is 10.9 Å². The van der Waals surface area contributed by atoms with Gasteiger partial charge in [0.1, 0.15) is 5.82 Å². The molecule has 4 nitrogen and oxygen atoms in total. The smallest absolute Gasteiger partial charge is 0.341 e. The van der Waals surface area contributed by atoms with Crippen LogP contribution >= 0.6 is 0 Å². The van der Waals surface area contributed by atoms with Gasteiger partial charge >= 0.3 is 5.97 Å². The van der Waals surface area contributed by atoms with Crippen LogP contribution in [0.2, 0.25) is 0 Å². The molecule has 0 amide bonds. The Kier molecular flexibility index (Phi) is 4.42. The number of benzene rings is 2. The van der Waals surface area contributed by atoms with E-state index in [0.29, 0.717) is 16.8 Å². The van der Waals surface area contributed by atoms with Crippen molar-refractivity contribution in [3.63, 3.8) is 0 Å². The molecule has 2 heterocycles. The Morgan fingerprint density at radius 3 is 2.67 bits per heavy atom. The Labute approximate surface area is 155 Å². The first-order valence-corrected chi connectivity index (χ1v) is 8.55. The van der Waals surface area contributed by atoms with Gasteiger partial charge in [0.2, 0.25) is 0 Å². The first kappa shape index (κ1) is 17.0. The van der Waals surface area contributed by atoms with Crippen LogP contribution in [-0.4, -0.2) is 15.5 Å². The summed E-state index contributed by atoms with van der Waals surface area (Å²) in [6.45, 7) is 0. The number of nitrogens with zero attached hydrogens (tertiary/aromatic N) is 2. The molecule has 0 radical (unpaired) electrons. The summed E-state index contributed by atoms with van der Waals surface area (Å²) >= 11 is 0. The molecule has 1 unspecified atom stereocenters. The summed E-state index contributed by atoms with van der Waals surface area (Å²) < 4.78 is 21.4. The number of rotatable bonds is 4. The predicted octanol–water partition coefficient (Wildman–Crippen LogP) is 4.66. The van der Waals surface area contributed by atoms with Crippen molar-refractivity contribution in [3.8, 4) is 0 Å². The van der Waals surface area contributed by atoms with Gasteiger partial charge < -0.3 is 9.30 Å². The molecule has 4 aromatic rings. The lowest BCUT2D eigenvalue weighted by Crippen LogP contribution is -2.14. The number of carbonyl (C=O) groups excluding carboxylic acids is 1. The number of aryl methyl sites for hydroxylation is 1. The molecular weight excluding hydrogens is 343 g/mol. The molecule has 134 valence electrons. The van der Waals surface area contributed by atoms with E-state index in [4.69, 9.17) is 4.74 Å². The van der Waals surface area contributed by atoms with Crippen LogP contribution in [-0.2, 0) is 11.8 Å². The third-order valence-electron chi connectivity index (χ3n) is 4.45. The molecule has 5 heteroatoms. The van der Waals surface area contributed by atoms with Crippen LogP contribution in [0.3, 0.4) is 0 Å². The van der Waals surface area contributed by atoms with Crippen molar-refractivity contribution < 1.29 is 13.9 Å². The number of ether oxygens (including phenoxy) is 1. The minimum absolute atomic E-state index is 0.394. The van der Waals surface area contributed by atoms with Gasteiger partial charge in [-0.15, -0.1) is 0 Å². The minimum atomic E-state index is -0.798. The fraction of sp³-hybridized carbons (Fsp3) is 0.0909. The van der Waals surface area contributed by atoms with Gasteiger partial charge in [-0.3, -0.25) is 4.98 Å². The predicted molar refractivity (Wildman–Crippen MR) is 101 cm³/mol. The Bertz CT molecular complexity index is 1110. The van der Waals surface area contributed by atoms with Gasteiger partial charge in [-0.25, -0.2) is 9.18 Å². The molecule has 0 aliphatic carbocycles. The lowest BCUT2D eigenvalue weighted by atomic mass is 10.1. The number of esters is 1. The zero-order valence-corrected chi connectivity index (χ0v) is 14.7. The molecule has 0 saturated carbocycles. The topological polar surface area (TPSA) is 44.1 Å². The van der Waals surface area contributed by atoms with Crippen molar-refractivity contribution in [2.45, 2.75) is 6.10 Å². The molecule has 0 spiro atoms. The van der Waals surface area contributed by atoms with Crippen molar-refractivity contribution in [1.82, 2.24) is 9.55 Å². The maximum Gasteiger partial charge on any atom is 0.341 e. The van der Waals surface area contributed by atoms with Crippen LogP contribution in [0.5, 0.6) is 0 Å². The second-order valence-electron chi connectivity index (χ2n) is 6.27. The molecule has 27 heavy (non-hydrogen) atoms. The second-order valence-corrected chi connectivity index (χ2v) is 6.27. The third-order valence-corrected chi connectivity index (χ3v) is 4.45. The summed E-state index contributed by atoms with van der Waals surface area (Å²) in [5.41, 5.74) is 2.47. The van der Waals surface area contributed by atoms with E-state index in [1.54, 1.807) is 42.7 Å². The van der Waals surface area contributed by atoms with Gasteiger partial charge in [-0.1, -0.05) is 36.4 Å².